The molecule has 2 aromatic rings. The molecule has 0 unspecified atom stereocenters. The summed E-state index contributed by atoms with van der Waals surface area (Å²) < 4.78 is 27.2. The first-order valence-electron chi connectivity index (χ1n) is 8.74. The predicted octanol–water partition coefficient (Wildman–Crippen LogP) is 3.31. The van der Waals surface area contributed by atoms with Crippen LogP contribution >= 0.6 is 27.5 Å². The molecule has 1 atom stereocenters. The van der Waals surface area contributed by atoms with E-state index in [-0.39, 0.29) is 17.1 Å². The van der Waals surface area contributed by atoms with Gasteiger partial charge >= 0.3 is 0 Å². The van der Waals surface area contributed by atoms with Crippen molar-refractivity contribution in [2.24, 2.45) is 5.10 Å². The van der Waals surface area contributed by atoms with Crippen molar-refractivity contribution in [1.29, 1.82) is 0 Å². The fourth-order valence-corrected chi connectivity index (χ4v) is 5.20. The van der Waals surface area contributed by atoms with Gasteiger partial charge in [0, 0.05) is 23.2 Å². The lowest BCUT2D eigenvalue weighted by Gasteiger charge is -2.22. The lowest BCUT2D eigenvalue weighted by Crippen LogP contribution is -2.44. The van der Waals surface area contributed by atoms with E-state index in [0.29, 0.717) is 27.9 Å². The largest absolute Gasteiger partial charge is 0.284 e. The molecule has 0 saturated carbocycles. The van der Waals surface area contributed by atoms with Gasteiger partial charge in [0.2, 0.25) is 10.0 Å². The van der Waals surface area contributed by atoms with Crippen molar-refractivity contribution in [2.75, 3.05) is 6.54 Å². The molecule has 12 heteroatoms. The van der Waals surface area contributed by atoms with E-state index < -0.39 is 26.9 Å². The summed E-state index contributed by atoms with van der Waals surface area (Å²) in [5.41, 5.74) is 2.59. The number of hydrogen-bond donors (Lipinski definition) is 1. The lowest BCUT2D eigenvalue weighted by molar-refractivity contribution is -0.385. The van der Waals surface area contributed by atoms with Gasteiger partial charge in [-0.2, -0.15) is 9.41 Å². The number of sulfonamides is 1. The Morgan fingerprint density at radius 1 is 1.30 bits per heavy atom. The number of hydrazone groups is 1. The average Bonchev–Trinajstić information content (AvgIpc) is 3.20. The maximum Gasteiger partial charge on any atom is 0.284 e. The highest BCUT2D eigenvalue weighted by Gasteiger charge is 2.39. The van der Waals surface area contributed by atoms with Crippen molar-refractivity contribution < 1.29 is 18.1 Å². The Hall–Kier alpha value is -2.34. The number of carbonyl (C=O) groups excluding carboxylic acids is 1. The average molecular weight is 516 g/mol. The van der Waals surface area contributed by atoms with Gasteiger partial charge in [0.25, 0.3) is 11.6 Å². The summed E-state index contributed by atoms with van der Waals surface area (Å²) in [6.07, 6.45) is 2.15. The van der Waals surface area contributed by atoms with Crippen molar-refractivity contribution in [3.05, 3.63) is 67.6 Å². The number of benzene rings is 2. The van der Waals surface area contributed by atoms with E-state index in [1.807, 2.05) is 0 Å². The van der Waals surface area contributed by atoms with Crippen LogP contribution in [0.2, 0.25) is 5.02 Å². The van der Waals surface area contributed by atoms with Crippen LogP contribution in [0.4, 0.5) is 5.69 Å². The molecule has 1 heterocycles. The molecule has 1 saturated heterocycles. The Balaban J connectivity index is 1.72. The summed E-state index contributed by atoms with van der Waals surface area (Å²) in [7, 11) is -3.86. The highest BCUT2D eigenvalue weighted by atomic mass is 79.9. The summed E-state index contributed by atoms with van der Waals surface area (Å²) in [5, 5.41) is 15.2. The van der Waals surface area contributed by atoms with Crippen LogP contribution in [0, 0.1) is 10.1 Å². The molecule has 0 aliphatic carbocycles. The zero-order chi connectivity index (χ0) is 21.9. The highest BCUT2D eigenvalue weighted by Crippen LogP contribution is 2.27. The van der Waals surface area contributed by atoms with Crippen LogP contribution in [0.3, 0.4) is 0 Å². The van der Waals surface area contributed by atoms with Crippen LogP contribution in [-0.4, -0.2) is 42.4 Å². The minimum absolute atomic E-state index is 0.0530. The first-order valence-corrected chi connectivity index (χ1v) is 11.4. The number of amides is 1. The zero-order valence-corrected chi connectivity index (χ0v) is 18.5. The number of hydrogen-bond acceptors (Lipinski definition) is 6. The molecular formula is C18H16BrClN4O5S. The van der Waals surface area contributed by atoms with Crippen LogP contribution in [0.15, 0.2) is 56.9 Å². The molecular weight excluding hydrogens is 500 g/mol. The Labute approximate surface area is 186 Å². The second-order valence-electron chi connectivity index (χ2n) is 6.43. The fourth-order valence-electron chi connectivity index (χ4n) is 3.03. The van der Waals surface area contributed by atoms with Crippen LogP contribution in [0.25, 0.3) is 0 Å². The Morgan fingerprint density at radius 2 is 2.00 bits per heavy atom. The predicted molar refractivity (Wildman–Crippen MR) is 115 cm³/mol. The van der Waals surface area contributed by atoms with Crippen molar-refractivity contribution >= 4 is 55.4 Å². The second kappa shape index (κ2) is 9.21. The van der Waals surface area contributed by atoms with Gasteiger partial charge in [0.05, 0.1) is 20.5 Å². The molecule has 1 fully saturated rings. The molecule has 2 aromatic carbocycles. The van der Waals surface area contributed by atoms with Gasteiger partial charge in [-0.25, -0.2) is 13.8 Å². The molecule has 0 radical (unpaired) electrons. The third-order valence-electron chi connectivity index (χ3n) is 4.48. The second-order valence-corrected chi connectivity index (χ2v) is 9.61. The van der Waals surface area contributed by atoms with E-state index in [1.54, 1.807) is 6.07 Å². The standard InChI is InChI=1S/C18H16BrClN4O5S/c19-15-8-3-12(10-17(15)24(26)27)11-21-22-18(25)16-2-1-9-23(16)30(28,29)14-6-4-13(20)5-7-14/h3-8,10-11,16H,1-2,9H2,(H,22,25)/b21-11-/t16-/m0/s1. The molecule has 0 aromatic heterocycles. The number of nitrogens with one attached hydrogen (secondary N) is 1. The van der Waals surface area contributed by atoms with E-state index in [9.17, 15) is 23.3 Å². The molecule has 3 rings (SSSR count). The molecule has 1 N–H and O–H groups in total. The molecule has 30 heavy (non-hydrogen) atoms. The monoisotopic (exact) mass is 514 g/mol. The van der Waals surface area contributed by atoms with Gasteiger partial charge in [-0.1, -0.05) is 17.7 Å². The normalized spacial score (nSPS) is 17.3. The summed E-state index contributed by atoms with van der Waals surface area (Å²) in [6, 6.07) is 9.21. The van der Waals surface area contributed by atoms with Crippen molar-refractivity contribution in [2.45, 2.75) is 23.8 Å². The van der Waals surface area contributed by atoms with Gasteiger partial charge in [-0.3, -0.25) is 14.9 Å². The minimum Gasteiger partial charge on any atom is -0.271 e. The number of rotatable bonds is 6. The first kappa shape index (κ1) is 22.3. The SMILES string of the molecule is O=C(N/N=C\c1ccc(Br)c([N+](=O)[O-])c1)[C@@H]1CCCN1S(=O)(=O)c1ccc(Cl)cc1. The van der Waals surface area contributed by atoms with E-state index in [1.165, 1.54) is 42.6 Å². The van der Waals surface area contributed by atoms with E-state index in [2.05, 4.69) is 26.5 Å². The molecule has 0 spiro atoms. The summed E-state index contributed by atoms with van der Waals surface area (Å²) >= 11 is 8.91. The summed E-state index contributed by atoms with van der Waals surface area (Å²) in [6.45, 7) is 0.214. The third kappa shape index (κ3) is 4.86. The molecule has 1 aliphatic heterocycles. The minimum atomic E-state index is -3.86. The maximum absolute atomic E-state index is 12.9. The third-order valence-corrected chi connectivity index (χ3v) is 7.33. The highest BCUT2D eigenvalue weighted by molar-refractivity contribution is 9.10. The smallest absolute Gasteiger partial charge is 0.271 e. The molecule has 1 aliphatic rings. The summed E-state index contributed by atoms with van der Waals surface area (Å²) in [5.74, 6) is -0.576. The topological polar surface area (TPSA) is 122 Å². The van der Waals surface area contributed by atoms with Crippen LogP contribution < -0.4 is 5.43 Å². The summed E-state index contributed by atoms with van der Waals surface area (Å²) in [4.78, 5) is 23.0. The number of nitro groups is 1. The van der Waals surface area contributed by atoms with Crippen molar-refractivity contribution in [3.63, 3.8) is 0 Å². The van der Waals surface area contributed by atoms with Gasteiger partial charge in [0.1, 0.15) is 6.04 Å². The quantitative estimate of drug-likeness (QED) is 0.359. The van der Waals surface area contributed by atoms with Crippen LogP contribution in [0.1, 0.15) is 18.4 Å². The van der Waals surface area contributed by atoms with E-state index >= 15 is 0 Å². The van der Waals surface area contributed by atoms with Gasteiger partial charge in [-0.15, -0.1) is 0 Å². The van der Waals surface area contributed by atoms with Crippen LogP contribution in [-0.2, 0) is 14.8 Å². The molecule has 1 amide bonds. The van der Waals surface area contributed by atoms with Gasteiger partial charge in [0.15, 0.2) is 0 Å². The van der Waals surface area contributed by atoms with Crippen LogP contribution in [0.5, 0.6) is 0 Å². The molecule has 0 bridgehead atoms. The Kier molecular flexibility index (Phi) is 6.86. The van der Waals surface area contributed by atoms with E-state index in [0.717, 1.165) is 4.31 Å². The number of halogens is 2. The number of nitrogens with zero attached hydrogens (tertiary/aromatic N) is 3. The molecule has 9 nitrogen and oxygen atoms in total. The Bertz CT molecular complexity index is 1110. The zero-order valence-electron chi connectivity index (χ0n) is 15.4. The van der Waals surface area contributed by atoms with Crippen molar-refractivity contribution in [1.82, 2.24) is 9.73 Å². The lowest BCUT2D eigenvalue weighted by atomic mass is 10.2. The maximum atomic E-state index is 12.9. The first-order chi connectivity index (χ1) is 14.2. The molecule has 158 valence electrons. The Morgan fingerprint density at radius 3 is 2.67 bits per heavy atom. The number of carbonyl (C=O) groups is 1. The fraction of sp³-hybridized carbons (Fsp3) is 0.222. The van der Waals surface area contributed by atoms with E-state index in [4.69, 9.17) is 11.6 Å². The van der Waals surface area contributed by atoms with Gasteiger partial charge in [-0.05, 0) is 59.1 Å². The van der Waals surface area contributed by atoms with Gasteiger partial charge < -0.3 is 0 Å². The number of nitro benzene ring substituents is 1. The van der Waals surface area contributed by atoms with Crippen molar-refractivity contribution in [3.8, 4) is 0 Å².